The molecule has 1 aliphatic heterocycles. The summed E-state index contributed by atoms with van der Waals surface area (Å²) < 4.78 is 10.8. The van der Waals surface area contributed by atoms with Crippen molar-refractivity contribution in [3.8, 4) is 11.5 Å². The molecule has 2 aromatic rings. The number of hydrogen-bond donors (Lipinski definition) is 0. The molecule has 0 spiro atoms. The third-order valence-electron chi connectivity index (χ3n) is 4.15. The number of fused-ring (bicyclic) bond motifs is 1. The largest absolute Gasteiger partial charge is 0.454 e. The van der Waals surface area contributed by atoms with Gasteiger partial charge in [0.25, 0.3) is 0 Å². The highest BCUT2D eigenvalue weighted by molar-refractivity contribution is 5.94. The van der Waals surface area contributed by atoms with Gasteiger partial charge in [-0.05, 0) is 36.2 Å². The van der Waals surface area contributed by atoms with Gasteiger partial charge in [-0.1, -0.05) is 38.1 Å². The number of amides is 1. The van der Waals surface area contributed by atoms with Gasteiger partial charge in [0.1, 0.15) is 0 Å². The van der Waals surface area contributed by atoms with Gasteiger partial charge in [0.05, 0.1) is 6.54 Å². The van der Waals surface area contributed by atoms with Crippen molar-refractivity contribution in [2.24, 2.45) is 5.92 Å². The molecule has 0 saturated carbocycles. The van der Waals surface area contributed by atoms with Crippen molar-refractivity contribution < 1.29 is 14.3 Å². The molecule has 1 unspecified atom stereocenters. The summed E-state index contributed by atoms with van der Waals surface area (Å²) in [5.74, 6) is 1.63. The molecule has 1 atom stereocenters. The monoisotopic (exact) mass is 311 g/mol. The lowest BCUT2D eigenvalue weighted by Crippen LogP contribution is -2.34. The van der Waals surface area contributed by atoms with Crippen molar-refractivity contribution >= 4 is 11.6 Å². The summed E-state index contributed by atoms with van der Waals surface area (Å²) in [5, 5.41) is 0. The second-order valence-corrected chi connectivity index (χ2v) is 5.76. The van der Waals surface area contributed by atoms with Crippen LogP contribution in [-0.2, 0) is 11.3 Å². The molecule has 1 heterocycles. The van der Waals surface area contributed by atoms with E-state index in [-0.39, 0.29) is 18.6 Å². The van der Waals surface area contributed by atoms with Crippen LogP contribution >= 0.6 is 0 Å². The Morgan fingerprint density at radius 3 is 2.61 bits per heavy atom. The lowest BCUT2D eigenvalue weighted by Gasteiger charge is -2.26. The molecule has 2 aromatic carbocycles. The highest BCUT2D eigenvalue weighted by Crippen LogP contribution is 2.33. The molecule has 120 valence electrons. The molecule has 1 amide bonds. The van der Waals surface area contributed by atoms with Gasteiger partial charge in [-0.15, -0.1) is 0 Å². The summed E-state index contributed by atoms with van der Waals surface area (Å²) in [6.45, 7) is 4.78. The van der Waals surface area contributed by atoms with E-state index >= 15 is 0 Å². The van der Waals surface area contributed by atoms with Crippen LogP contribution in [0.5, 0.6) is 11.5 Å². The Morgan fingerprint density at radius 2 is 1.87 bits per heavy atom. The first-order chi connectivity index (χ1) is 11.2. The number of para-hydroxylation sites is 1. The van der Waals surface area contributed by atoms with Crippen LogP contribution in [0.15, 0.2) is 48.5 Å². The minimum absolute atomic E-state index is 0.00998. The summed E-state index contributed by atoms with van der Waals surface area (Å²) in [6, 6.07) is 15.6. The molecule has 0 aromatic heterocycles. The number of nitrogens with zero attached hydrogens (tertiary/aromatic N) is 1. The van der Waals surface area contributed by atoms with Gasteiger partial charge < -0.3 is 14.4 Å². The van der Waals surface area contributed by atoms with E-state index in [1.165, 1.54) is 0 Å². The first-order valence-electron chi connectivity index (χ1n) is 7.94. The van der Waals surface area contributed by atoms with Gasteiger partial charge in [0, 0.05) is 11.6 Å². The Bertz CT molecular complexity index is 684. The van der Waals surface area contributed by atoms with E-state index in [4.69, 9.17) is 9.47 Å². The molecule has 0 N–H and O–H groups in total. The van der Waals surface area contributed by atoms with Crippen LogP contribution in [-0.4, -0.2) is 12.7 Å². The summed E-state index contributed by atoms with van der Waals surface area (Å²) in [6.07, 6.45) is 0.823. The average Bonchev–Trinajstić information content (AvgIpc) is 3.07. The summed E-state index contributed by atoms with van der Waals surface area (Å²) in [7, 11) is 0. The van der Waals surface area contributed by atoms with Crippen LogP contribution in [0.4, 0.5) is 5.69 Å². The Morgan fingerprint density at radius 1 is 1.13 bits per heavy atom. The second-order valence-electron chi connectivity index (χ2n) is 5.76. The number of carbonyl (C=O) groups is 1. The number of carbonyl (C=O) groups excluding carboxylic acids is 1. The SMILES string of the molecule is CCC(C)C(=O)N(Cc1ccc2c(c1)OCO2)c1ccccc1. The van der Waals surface area contributed by atoms with Gasteiger partial charge in [-0.25, -0.2) is 0 Å². The van der Waals surface area contributed by atoms with Gasteiger partial charge in [0.2, 0.25) is 12.7 Å². The maximum Gasteiger partial charge on any atom is 0.231 e. The van der Waals surface area contributed by atoms with Gasteiger partial charge in [0.15, 0.2) is 11.5 Å². The van der Waals surface area contributed by atoms with Crippen molar-refractivity contribution in [1.82, 2.24) is 0 Å². The van der Waals surface area contributed by atoms with E-state index in [2.05, 4.69) is 0 Å². The fourth-order valence-corrected chi connectivity index (χ4v) is 2.57. The smallest absolute Gasteiger partial charge is 0.231 e. The van der Waals surface area contributed by atoms with Crippen molar-refractivity contribution in [2.45, 2.75) is 26.8 Å². The minimum atomic E-state index is -0.00998. The molecule has 1 aliphatic rings. The van der Waals surface area contributed by atoms with E-state index in [1.807, 2.05) is 67.3 Å². The normalized spacial score (nSPS) is 13.7. The molecule has 3 rings (SSSR count). The van der Waals surface area contributed by atoms with Gasteiger partial charge in [-0.2, -0.15) is 0 Å². The number of anilines is 1. The van der Waals surface area contributed by atoms with Crippen molar-refractivity contribution in [1.29, 1.82) is 0 Å². The van der Waals surface area contributed by atoms with Crippen molar-refractivity contribution in [2.75, 3.05) is 11.7 Å². The highest BCUT2D eigenvalue weighted by atomic mass is 16.7. The minimum Gasteiger partial charge on any atom is -0.454 e. The number of hydrogen-bond acceptors (Lipinski definition) is 3. The first-order valence-corrected chi connectivity index (χ1v) is 7.94. The van der Waals surface area contributed by atoms with E-state index in [1.54, 1.807) is 0 Å². The quantitative estimate of drug-likeness (QED) is 0.838. The molecule has 0 fully saturated rings. The standard InChI is InChI=1S/C19H21NO3/c1-3-14(2)19(21)20(16-7-5-4-6-8-16)12-15-9-10-17-18(11-15)23-13-22-17/h4-11,14H,3,12-13H2,1-2H3. The Balaban J connectivity index is 1.88. The first kappa shape index (κ1) is 15.4. The lowest BCUT2D eigenvalue weighted by molar-refractivity contribution is -0.122. The molecule has 0 saturated heterocycles. The lowest BCUT2D eigenvalue weighted by atomic mass is 10.1. The molecular formula is C19H21NO3. The molecule has 0 bridgehead atoms. The third kappa shape index (κ3) is 3.31. The summed E-state index contributed by atoms with van der Waals surface area (Å²) in [5.41, 5.74) is 1.94. The van der Waals surface area contributed by atoms with Gasteiger partial charge >= 0.3 is 0 Å². The molecular weight excluding hydrogens is 290 g/mol. The molecule has 0 aliphatic carbocycles. The van der Waals surface area contributed by atoms with Crippen LogP contribution in [0.25, 0.3) is 0 Å². The third-order valence-corrected chi connectivity index (χ3v) is 4.15. The Kier molecular flexibility index (Phi) is 4.51. The predicted molar refractivity (Wildman–Crippen MR) is 89.7 cm³/mol. The maximum absolute atomic E-state index is 12.8. The zero-order valence-corrected chi connectivity index (χ0v) is 13.5. The van der Waals surface area contributed by atoms with Crippen LogP contribution in [0.3, 0.4) is 0 Å². The van der Waals surface area contributed by atoms with E-state index in [0.717, 1.165) is 29.2 Å². The predicted octanol–water partition coefficient (Wildman–Crippen LogP) is 3.99. The number of rotatable bonds is 5. The fourth-order valence-electron chi connectivity index (χ4n) is 2.57. The van der Waals surface area contributed by atoms with Crippen LogP contribution in [0.2, 0.25) is 0 Å². The topological polar surface area (TPSA) is 38.8 Å². The zero-order chi connectivity index (χ0) is 16.2. The Hall–Kier alpha value is -2.49. The molecule has 0 radical (unpaired) electrons. The number of ether oxygens (including phenoxy) is 2. The molecule has 4 heteroatoms. The van der Waals surface area contributed by atoms with Crippen LogP contribution < -0.4 is 14.4 Å². The average molecular weight is 311 g/mol. The van der Waals surface area contributed by atoms with Gasteiger partial charge in [-0.3, -0.25) is 4.79 Å². The van der Waals surface area contributed by atoms with Crippen LogP contribution in [0.1, 0.15) is 25.8 Å². The van der Waals surface area contributed by atoms with Crippen LogP contribution in [0, 0.1) is 5.92 Å². The Labute approximate surface area is 136 Å². The van der Waals surface area contributed by atoms with E-state index < -0.39 is 0 Å². The molecule has 4 nitrogen and oxygen atoms in total. The van der Waals surface area contributed by atoms with E-state index in [9.17, 15) is 4.79 Å². The highest BCUT2D eigenvalue weighted by Gasteiger charge is 2.22. The summed E-state index contributed by atoms with van der Waals surface area (Å²) in [4.78, 5) is 14.6. The van der Waals surface area contributed by atoms with E-state index in [0.29, 0.717) is 6.54 Å². The maximum atomic E-state index is 12.8. The van der Waals surface area contributed by atoms with Crippen molar-refractivity contribution in [3.63, 3.8) is 0 Å². The second kappa shape index (κ2) is 6.73. The summed E-state index contributed by atoms with van der Waals surface area (Å²) >= 11 is 0. The molecule has 23 heavy (non-hydrogen) atoms. The fraction of sp³-hybridized carbons (Fsp3) is 0.316. The number of benzene rings is 2. The zero-order valence-electron chi connectivity index (χ0n) is 13.5. The van der Waals surface area contributed by atoms with Crippen molar-refractivity contribution in [3.05, 3.63) is 54.1 Å².